The molecule has 1 aromatic heterocycles. The van der Waals surface area contributed by atoms with Gasteiger partial charge in [-0.25, -0.2) is 0 Å². The zero-order valence-corrected chi connectivity index (χ0v) is 15.3. The largest absolute Gasteiger partial charge is 0.366 e. The van der Waals surface area contributed by atoms with Crippen LogP contribution in [-0.2, 0) is 23.0 Å². The molecule has 0 radical (unpaired) electrons. The van der Waals surface area contributed by atoms with Gasteiger partial charge >= 0.3 is 0 Å². The Morgan fingerprint density at radius 1 is 1.48 bits per heavy atom. The lowest BCUT2D eigenvalue weighted by atomic mass is 10.0. The maximum Gasteiger partial charge on any atom is 0.270 e. The number of amides is 2. The highest BCUT2D eigenvalue weighted by atomic mass is 16.6. The number of hydrogen-bond donors (Lipinski definition) is 3. The average Bonchev–Trinajstić information content (AvgIpc) is 3.12. The molecule has 0 spiro atoms. The fraction of sp³-hybridized carbons (Fsp3) is 0.706. The van der Waals surface area contributed by atoms with E-state index in [4.69, 9.17) is 4.74 Å². The molecule has 0 aromatic carbocycles. The van der Waals surface area contributed by atoms with Gasteiger partial charge in [0.15, 0.2) is 6.29 Å². The third-order valence-corrected chi connectivity index (χ3v) is 4.24. The second kappa shape index (κ2) is 8.44. The fourth-order valence-electron chi connectivity index (χ4n) is 2.85. The Bertz CT molecular complexity index is 614. The van der Waals surface area contributed by atoms with Gasteiger partial charge in [-0.15, -0.1) is 0 Å². The summed E-state index contributed by atoms with van der Waals surface area (Å²) in [6, 6.07) is 0.608. The summed E-state index contributed by atoms with van der Waals surface area (Å²) >= 11 is 0. The summed E-state index contributed by atoms with van der Waals surface area (Å²) in [7, 11) is 1.71. The van der Waals surface area contributed by atoms with Crippen molar-refractivity contribution in [1.29, 1.82) is 0 Å². The van der Waals surface area contributed by atoms with Crippen LogP contribution in [0.2, 0.25) is 0 Å². The van der Waals surface area contributed by atoms with E-state index in [1.54, 1.807) is 13.1 Å². The molecule has 3 atom stereocenters. The van der Waals surface area contributed by atoms with Gasteiger partial charge in [0.25, 0.3) is 5.91 Å². The predicted octanol–water partition coefficient (Wildman–Crippen LogP) is 0.351. The Hall–Kier alpha value is -1.93. The summed E-state index contributed by atoms with van der Waals surface area (Å²) in [6.07, 6.45) is 0.788. The van der Waals surface area contributed by atoms with Gasteiger partial charge in [0.2, 0.25) is 5.91 Å². The minimum absolute atomic E-state index is 0.221. The number of rotatable bonds is 7. The molecular weight excluding hydrogens is 324 g/mol. The lowest BCUT2D eigenvalue weighted by Gasteiger charge is -2.23. The Morgan fingerprint density at radius 2 is 2.20 bits per heavy atom. The number of ether oxygens (including phenoxy) is 1. The number of aliphatic hydroxyl groups excluding tert-OH is 1. The number of aryl methyl sites for hydroxylation is 2. The fourth-order valence-corrected chi connectivity index (χ4v) is 2.85. The van der Waals surface area contributed by atoms with E-state index in [0.717, 1.165) is 12.1 Å². The zero-order chi connectivity index (χ0) is 18.6. The molecule has 140 valence electrons. The number of carbonyl (C=O) groups excluding carboxylic acids is 2. The van der Waals surface area contributed by atoms with Crippen LogP contribution in [-0.4, -0.2) is 51.7 Å². The molecule has 2 amide bonds. The molecule has 25 heavy (non-hydrogen) atoms. The molecular formula is C17H28N4O4. The molecule has 3 N–H and O–H groups in total. The van der Waals surface area contributed by atoms with E-state index < -0.39 is 18.4 Å². The molecule has 8 nitrogen and oxygen atoms in total. The highest BCUT2D eigenvalue weighted by Crippen LogP contribution is 2.13. The van der Waals surface area contributed by atoms with Crippen LogP contribution >= 0.6 is 0 Å². The Morgan fingerprint density at radius 3 is 2.72 bits per heavy atom. The Kier molecular flexibility index (Phi) is 6.55. The highest BCUT2D eigenvalue weighted by molar-refractivity contribution is 5.96. The molecule has 0 bridgehead atoms. The van der Waals surface area contributed by atoms with E-state index in [1.165, 1.54) is 4.68 Å². The van der Waals surface area contributed by atoms with Crippen LogP contribution in [0.25, 0.3) is 0 Å². The summed E-state index contributed by atoms with van der Waals surface area (Å²) in [5.41, 5.74) is 1.24. The molecule has 2 unspecified atom stereocenters. The highest BCUT2D eigenvalue weighted by Gasteiger charge is 2.31. The average molecular weight is 352 g/mol. The van der Waals surface area contributed by atoms with Crippen molar-refractivity contribution in [2.45, 2.75) is 58.4 Å². The Balaban J connectivity index is 2.06. The molecule has 8 heteroatoms. The quantitative estimate of drug-likeness (QED) is 0.657. The van der Waals surface area contributed by atoms with Crippen molar-refractivity contribution < 1.29 is 19.4 Å². The first-order chi connectivity index (χ1) is 11.8. The van der Waals surface area contributed by atoms with Crippen LogP contribution in [0.3, 0.4) is 0 Å². The Labute approximate surface area is 147 Å². The van der Waals surface area contributed by atoms with Crippen LogP contribution in [0.5, 0.6) is 0 Å². The third-order valence-electron chi connectivity index (χ3n) is 4.24. The van der Waals surface area contributed by atoms with Crippen LogP contribution < -0.4 is 10.6 Å². The molecule has 1 aromatic rings. The topological polar surface area (TPSA) is 105 Å². The lowest BCUT2D eigenvalue weighted by molar-refractivity contribution is -0.127. The molecule has 1 aliphatic rings. The first-order valence-corrected chi connectivity index (χ1v) is 8.75. The van der Waals surface area contributed by atoms with E-state index >= 15 is 0 Å². The lowest BCUT2D eigenvalue weighted by Crippen LogP contribution is -2.52. The van der Waals surface area contributed by atoms with Crippen molar-refractivity contribution in [3.63, 3.8) is 0 Å². The van der Waals surface area contributed by atoms with Crippen molar-refractivity contribution in [1.82, 2.24) is 20.4 Å². The van der Waals surface area contributed by atoms with Crippen molar-refractivity contribution in [3.05, 3.63) is 17.5 Å². The van der Waals surface area contributed by atoms with Gasteiger partial charge in [-0.1, -0.05) is 20.8 Å². The standard InChI is InChI=1S/C17H28N4O4/c1-5-11-9-14(21(4)20-11)16(23)19-13(8-10(2)3)15(22)18-12-6-7-25-17(12)24/h9-10,12-13,17,24H,5-8H2,1-4H3,(H,18,22)(H,19,23)/t12-,13?,17?/m0/s1. The molecule has 0 aliphatic carbocycles. The maximum absolute atomic E-state index is 12.6. The van der Waals surface area contributed by atoms with Crippen molar-refractivity contribution in [2.75, 3.05) is 6.61 Å². The van der Waals surface area contributed by atoms with Gasteiger partial charge in [-0.05, 0) is 31.2 Å². The molecule has 1 saturated heterocycles. The number of carbonyl (C=O) groups is 2. The molecule has 1 aliphatic heterocycles. The van der Waals surface area contributed by atoms with E-state index in [9.17, 15) is 14.7 Å². The van der Waals surface area contributed by atoms with Crippen LogP contribution in [0, 0.1) is 5.92 Å². The zero-order valence-electron chi connectivity index (χ0n) is 15.3. The molecule has 2 rings (SSSR count). The van der Waals surface area contributed by atoms with E-state index in [-0.39, 0.29) is 17.7 Å². The number of hydrogen-bond acceptors (Lipinski definition) is 5. The third kappa shape index (κ3) is 5.02. The van der Waals surface area contributed by atoms with Gasteiger partial charge in [0, 0.05) is 7.05 Å². The van der Waals surface area contributed by atoms with Gasteiger partial charge in [-0.3, -0.25) is 14.3 Å². The van der Waals surface area contributed by atoms with Gasteiger partial charge < -0.3 is 20.5 Å². The maximum atomic E-state index is 12.6. The molecule has 2 heterocycles. The predicted molar refractivity (Wildman–Crippen MR) is 91.8 cm³/mol. The molecule has 1 fully saturated rings. The first kappa shape index (κ1) is 19.4. The van der Waals surface area contributed by atoms with Gasteiger partial charge in [-0.2, -0.15) is 5.10 Å². The normalized spacial score (nSPS) is 21.4. The van der Waals surface area contributed by atoms with Gasteiger partial charge in [0.05, 0.1) is 18.3 Å². The summed E-state index contributed by atoms with van der Waals surface area (Å²) in [6.45, 7) is 6.34. The van der Waals surface area contributed by atoms with Gasteiger partial charge in [0.1, 0.15) is 11.7 Å². The smallest absolute Gasteiger partial charge is 0.270 e. The minimum Gasteiger partial charge on any atom is -0.366 e. The number of aliphatic hydroxyl groups is 1. The molecule has 0 saturated carbocycles. The van der Waals surface area contributed by atoms with Crippen molar-refractivity contribution in [2.24, 2.45) is 13.0 Å². The number of nitrogens with zero attached hydrogens (tertiary/aromatic N) is 2. The second-order valence-corrected chi connectivity index (χ2v) is 6.82. The van der Waals surface area contributed by atoms with E-state index in [1.807, 2.05) is 20.8 Å². The number of aromatic nitrogens is 2. The van der Waals surface area contributed by atoms with Crippen molar-refractivity contribution >= 4 is 11.8 Å². The van der Waals surface area contributed by atoms with E-state index in [2.05, 4.69) is 15.7 Å². The monoisotopic (exact) mass is 352 g/mol. The van der Waals surface area contributed by atoms with Crippen LogP contribution in [0.15, 0.2) is 6.07 Å². The summed E-state index contributed by atoms with van der Waals surface area (Å²) in [5.74, 6) is -0.424. The van der Waals surface area contributed by atoms with Crippen LogP contribution in [0.4, 0.5) is 0 Å². The van der Waals surface area contributed by atoms with E-state index in [0.29, 0.717) is 25.1 Å². The summed E-state index contributed by atoms with van der Waals surface area (Å²) < 4.78 is 6.57. The minimum atomic E-state index is -0.997. The van der Waals surface area contributed by atoms with Crippen LogP contribution in [0.1, 0.15) is 49.8 Å². The second-order valence-electron chi connectivity index (χ2n) is 6.82. The SMILES string of the molecule is CCc1cc(C(=O)NC(CC(C)C)C(=O)N[C@H]2CCOC2O)n(C)n1. The van der Waals surface area contributed by atoms with Crippen molar-refractivity contribution in [3.8, 4) is 0 Å². The first-order valence-electron chi connectivity index (χ1n) is 8.75. The summed E-state index contributed by atoms with van der Waals surface area (Å²) in [4.78, 5) is 25.1. The summed E-state index contributed by atoms with van der Waals surface area (Å²) in [5, 5.41) is 19.5. The number of nitrogens with one attached hydrogen (secondary N) is 2.